The lowest BCUT2D eigenvalue weighted by atomic mass is 10.1. The highest BCUT2D eigenvalue weighted by Gasteiger charge is 2.24. The van der Waals surface area contributed by atoms with Crippen LogP contribution in [0, 0.1) is 5.92 Å². The summed E-state index contributed by atoms with van der Waals surface area (Å²) in [5, 5.41) is 13.7. The number of nitrogens with one attached hydrogen (secondary N) is 1. The Balaban J connectivity index is 2.19. The molecule has 0 bridgehead atoms. The van der Waals surface area contributed by atoms with E-state index in [2.05, 4.69) is 19.2 Å². The second-order valence-electron chi connectivity index (χ2n) is 9.57. The molecular formula is C25H38N4O3. The maximum Gasteiger partial charge on any atom is 0.407 e. The van der Waals surface area contributed by atoms with Gasteiger partial charge in [0.2, 0.25) is 5.88 Å². The normalized spacial score (nSPS) is 12.5. The van der Waals surface area contributed by atoms with Gasteiger partial charge in [0.1, 0.15) is 11.3 Å². The average Bonchev–Trinajstić information content (AvgIpc) is 3.00. The molecule has 2 N–H and O–H groups in total. The molecule has 0 spiro atoms. The predicted molar refractivity (Wildman–Crippen MR) is 129 cm³/mol. The van der Waals surface area contributed by atoms with Gasteiger partial charge in [-0.25, -0.2) is 9.78 Å². The van der Waals surface area contributed by atoms with Crippen LogP contribution in [0.3, 0.4) is 0 Å². The van der Waals surface area contributed by atoms with Crippen LogP contribution < -0.4 is 5.32 Å². The zero-order valence-corrected chi connectivity index (χ0v) is 20.5. The summed E-state index contributed by atoms with van der Waals surface area (Å²) in [6, 6.07) is 10.0. The Kier molecular flexibility index (Phi) is 8.87. The fraction of sp³-hybridized carbons (Fsp3) is 0.560. The largest absolute Gasteiger partial charge is 0.493 e. The van der Waals surface area contributed by atoms with E-state index in [0.29, 0.717) is 37.6 Å². The highest BCUT2D eigenvalue weighted by atomic mass is 16.6. The van der Waals surface area contributed by atoms with Crippen molar-refractivity contribution in [1.82, 2.24) is 14.9 Å². The Hall–Kier alpha value is -2.83. The first-order chi connectivity index (χ1) is 15.0. The van der Waals surface area contributed by atoms with Crippen molar-refractivity contribution < 1.29 is 14.6 Å². The summed E-state index contributed by atoms with van der Waals surface area (Å²) < 4.78 is 7.11. The average molecular weight is 443 g/mol. The van der Waals surface area contributed by atoms with Gasteiger partial charge in [0.05, 0.1) is 12.3 Å². The summed E-state index contributed by atoms with van der Waals surface area (Å²) >= 11 is 0. The van der Waals surface area contributed by atoms with Crippen molar-refractivity contribution in [3.05, 3.63) is 47.4 Å². The molecule has 176 valence electrons. The van der Waals surface area contributed by atoms with Gasteiger partial charge in [-0.2, -0.15) is 0 Å². The first kappa shape index (κ1) is 25.4. The molecule has 7 nitrogen and oxygen atoms in total. The summed E-state index contributed by atoms with van der Waals surface area (Å²) in [5.41, 5.74) is 2.09. The van der Waals surface area contributed by atoms with Gasteiger partial charge in [-0.05, 0) is 38.7 Å². The number of aromatic nitrogens is 2. The molecule has 32 heavy (non-hydrogen) atoms. The molecule has 1 heterocycles. The number of rotatable bonds is 9. The molecule has 0 atom stereocenters. The van der Waals surface area contributed by atoms with Crippen LogP contribution in [0.15, 0.2) is 35.3 Å². The summed E-state index contributed by atoms with van der Waals surface area (Å²) in [6.45, 7) is 15.2. The quantitative estimate of drug-likeness (QED) is 0.417. The minimum atomic E-state index is -0.515. The number of carbonyl (C=O) groups excluding carboxylic acids is 1. The number of aliphatic imine (C=N–C) groups is 1. The van der Waals surface area contributed by atoms with Gasteiger partial charge in [0, 0.05) is 19.0 Å². The van der Waals surface area contributed by atoms with Crippen molar-refractivity contribution >= 4 is 11.8 Å². The number of carbonyl (C=O) groups is 1. The number of hydrogen-bond acceptors (Lipinski definition) is 5. The molecule has 1 amide bonds. The zero-order chi connectivity index (χ0) is 23.9. The van der Waals surface area contributed by atoms with Crippen LogP contribution in [0.1, 0.15) is 77.9 Å². The van der Waals surface area contributed by atoms with E-state index < -0.39 is 11.7 Å². The van der Waals surface area contributed by atoms with Crippen LogP contribution in [0.2, 0.25) is 0 Å². The van der Waals surface area contributed by atoms with Crippen LogP contribution in [0.5, 0.6) is 5.88 Å². The van der Waals surface area contributed by atoms with E-state index in [1.807, 2.05) is 69.5 Å². The van der Waals surface area contributed by atoms with Crippen LogP contribution in [-0.2, 0) is 11.3 Å². The molecule has 0 aliphatic carbocycles. The maximum atomic E-state index is 11.8. The summed E-state index contributed by atoms with van der Waals surface area (Å²) in [7, 11) is 0. The summed E-state index contributed by atoms with van der Waals surface area (Å²) in [6.07, 6.45) is 0.258. The number of benzene rings is 1. The van der Waals surface area contributed by atoms with E-state index >= 15 is 0 Å². The molecule has 0 unspecified atom stereocenters. The van der Waals surface area contributed by atoms with Gasteiger partial charge in [0.15, 0.2) is 5.82 Å². The fourth-order valence-electron chi connectivity index (χ4n) is 3.26. The van der Waals surface area contributed by atoms with E-state index in [4.69, 9.17) is 14.7 Å². The molecular weight excluding hydrogens is 404 g/mol. The first-order valence-corrected chi connectivity index (χ1v) is 11.3. The maximum absolute atomic E-state index is 11.8. The van der Waals surface area contributed by atoms with E-state index in [1.165, 1.54) is 0 Å². The third-order valence-corrected chi connectivity index (χ3v) is 4.76. The van der Waals surface area contributed by atoms with Gasteiger partial charge in [-0.1, -0.05) is 58.0 Å². The molecule has 7 heteroatoms. The highest BCUT2D eigenvalue weighted by Crippen LogP contribution is 2.28. The minimum Gasteiger partial charge on any atom is -0.493 e. The molecule has 0 saturated heterocycles. The van der Waals surface area contributed by atoms with E-state index in [9.17, 15) is 9.90 Å². The number of amides is 1. The second-order valence-corrected chi connectivity index (χ2v) is 9.57. The topological polar surface area (TPSA) is 88.7 Å². The molecule has 1 aromatic heterocycles. The lowest BCUT2D eigenvalue weighted by Crippen LogP contribution is -2.33. The summed E-state index contributed by atoms with van der Waals surface area (Å²) in [4.78, 5) is 21.4. The van der Waals surface area contributed by atoms with Crippen molar-refractivity contribution in [3.8, 4) is 5.88 Å². The fourth-order valence-corrected chi connectivity index (χ4v) is 3.26. The van der Waals surface area contributed by atoms with Crippen molar-refractivity contribution in [2.24, 2.45) is 10.9 Å². The molecule has 0 fully saturated rings. The molecule has 2 aromatic rings. The molecule has 0 aliphatic rings. The monoisotopic (exact) mass is 442 g/mol. The Morgan fingerprint density at radius 3 is 2.41 bits per heavy atom. The van der Waals surface area contributed by atoms with Crippen molar-refractivity contribution in [2.45, 2.75) is 73.0 Å². The van der Waals surface area contributed by atoms with Crippen LogP contribution in [0.4, 0.5) is 4.79 Å². The van der Waals surface area contributed by atoms with Crippen molar-refractivity contribution in [3.63, 3.8) is 0 Å². The van der Waals surface area contributed by atoms with Gasteiger partial charge < -0.3 is 15.2 Å². The molecule has 0 saturated carbocycles. The Morgan fingerprint density at radius 2 is 1.84 bits per heavy atom. The van der Waals surface area contributed by atoms with E-state index in [-0.39, 0.29) is 17.7 Å². The Bertz CT molecular complexity index is 909. The van der Waals surface area contributed by atoms with E-state index in [0.717, 1.165) is 11.3 Å². The minimum absolute atomic E-state index is 0.0946. The number of imidazole rings is 1. The molecule has 0 radical (unpaired) electrons. The first-order valence-electron chi connectivity index (χ1n) is 11.3. The van der Waals surface area contributed by atoms with Gasteiger partial charge in [-0.15, -0.1) is 0 Å². The van der Waals surface area contributed by atoms with E-state index in [1.54, 1.807) is 0 Å². The number of aromatic hydroxyl groups is 1. The SMILES string of the molecule is CC(C)C(=NCCCNC(=O)OC(C)(C)C)c1nc(C(C)C)c(O)n1Cc1ccccc1. The van der Waals surface area contributed by atoms with Crippen molar-refractivity contribution in [1.29, 1.82) is 0 Å². The standard InChI is InChI=1S/C25H38N4O3/c1-17(2)20(26-14-11-15-27-24(31)32-25(5,6)7)22-28-21(18(3)4)23(30)29(22)16-19-12-9-8-10-13-19/h8-10,12-13,17-18,30H,11,14-16H2,1-7H3,(H,27,31). The number of hydrogen-bond donors (Lipinski definition) is 2. The van der Waals surface area contributed by atoms with Crippen LogP contribution in [-0.4, -0.2) is 45.2 Å². The highest BCUT2D eigenvalue weighted by molar-refractivity contribution is 5.99. The van der Waals surface area contributed by atoms with Crippen LogP contribution in [0.25, 0.3) is 0 Å². The zero-order valence-electron chi connectivity index (χ0n) is 20.5. The third-order valence-electron chi connectivity index (χ3n) is 4.76. The summed E-state index contributed by atoms with van der Waals surface area (Å²) in [5.74, 6) is 1.12. The van der Waals surface area contributed by atoms with Crippen molar-refractivity contribution in [2.75, 3.05) is 13.1 Å². The lowest BCUT2D eigenvalue weighted by molar-refractivity contribution is 0.0527. The lowest BCUT2D eigenvalue weighted by Gasteiger charge is -2.19. The number of alkyl carbamates (subject to hydrolysis) is 1. The molecule has 2 rings (SSSR count). The Labute approximate surface area is 191 Å². The third kappa shape index (κ3) is 7.39. The smallest absolute Gasteiger partial charge is 0.407 e. The van der Waals surface area contributed by atoms with Gasteiger partial charge >= 0.3 is 6.09 Å². The number of nitrogens with zero attached hydrogens (tertiary/aromatic N) is 3. The van der Waals surface area contributed by atoms with Crippen LogP contribution >= 0.6 is 0 Å². The molecule has 1 aromatic carbocycles. The Morgan fingerprint density at radius 1 is 1.19 bits per heavy atom. The van der Waals surface area contributed by atoms with Gasteiger partial charge in [-0.3, -0.25) is 9.56 Å². The van der Waals surface area contributed by atoms with Gasteiger partial charge in [0.25, 0.3) is 0 Å². The number of ether oxygens (including phenoxy) is 1. The predicted octanol–water partition coefficient (Wildman–Crippen LogP) is 5.12. The second kappa shape index (κ2) is 11.2. The molecule has 0 aliphatic heterocycles.